The predicted molar refractivity (Wildman–Crippen MR) is 120 cm³/mol. The highest BCUT2D eigenvalue weighted by Crippen LogP contribution is 2.60. The van der Waals surface area contributed by atoms with Crippen LogP contribution in [0.2, 0.25) is 0 Å². The first-order valence-electron chi connectivity index (χ1n) is 11.3. The van der Waals surface area contributed by atoms with Crippen molar-refractivity contribution in [3.8, 4) is 11.8 Å². The molecule has 1 aromatic rings. The number of aliphatic hydroxyl groups is 1. The highest BCUT2D eigenvalue weighted by Gasteiger charge is 2.55. The molecular weight excluding hydrogens is 388 g/mol. The first kappa shape index (κ1) is 21.7. The molecular formula is C27H32O4. The van der Waals surface area contributed by atoms with Crippen molar-refractivity contribution in [1.82, 2.24) is 0 Å². The van der Waals surface area contributed by atoms with Crippen molar-refractivity contribution in [1.29, 1.82) is 0 Å². The molecule has 4 nitrogen and oxygen atoms in total. The molecule has 0 saturated heterocycles. The van der Waals surface area contributed by atoms with Crippen LogP contribution >= 0.6 is 0 Å². The van der Waals surface area contributed by atoms with E-state index in [1.165, 1.54) is 12.7 Å². The quantitative estimate of drug-likeness (QED) is 0.565. The van der Waals surface area contributed by atoms with Gasteiger partial charge in [0, 0.05) is 0 Å². The first-order chi connectivity index (χ1) is 15.0. The average molecular weight is 421 g/mol. The topological polar surface area (TPSA) is 55.8 Å². The van der Waals surface area contributed by atoms with Gasteiger partial charge in [-0.1, -0.05) is 42.3 Å². The van der Waals surface area contributed by atoms with Gasteiger partial charge in [0.05, 0.1) is 7.11 Å². The molecule has 0 aliphatic heterocycles. The summed E-state index contributed by atoms with van der Waals surface area (Å²) in [7, 11) is 1.37. The minimum absolute atomic E-state index is 0.0649. The summed E-state index contributed by atoms with van der Waals surface area (Å²) in [4.78, 5) is 11.5. The van der Waals surface area contributed by atoms with E-state index in [9.17, 15) is 9.90 Å². The smallest absolute Gasteiger partial charge is 0.343 e. The fraction of sp³-hybridized carbons (Fsp3) is 0.519. The van der Waals surface area contributed by atoms with Crippen molar-refractivity contribution in [2.75, 3.05) is 13.7 Å². The van der Waals surface area contributed by atoms with Crippen LogP contribution in [0.25, 0.3) is 0 Å². The van der Waals surface area contributed by atoms with Crippen LogP contribution in [-0.2, 0) is 20.7 Å². The second kappa shape index (κ2) is 8.93. The zero-order valence-corrected chi connectivity index (χ0v) is 18.5. The molecule has 0 bridgehead atoms. The lowest BCUT2D eigenvalue weighted by molar-refractivity contribution is -0.144. The molecule has 1 N–H and O–H groups in total. The number of carbonyl (C=O) groups is 1. The molecule has 1 aromatic carbocycles. The maximum Gasteiger partial charge on any atom is 0.343 e. The van der Waals surface area contributed by atoms with Crippen molar-refractivity contribution in [2.45, 2.75) is 51.0 Å². The number of benzene rings is 1. The molecule has 2 unspecified atom stereocenters. The van der Waals surface area contributed by atoms with E-state index in [-0.39, 0.29) is 18.0 Å². The number of allylic oxidation sites excluding steroid dienone is 3. The SMILES string of the molecule is CC#C[C@@]1(O)CC[C@@]2(Cc3ccccc3)C3C=CC(OCC(=O)OC)=CC3CC[C@@H]2C1. The van der Waals surface area contributed by atoms with Gasteiger partial charge in [-0.2, -0.15) is 0 Å². The molecule has 3 aliphatic carbocycles. The van der Waals surface area contributed by atoms with E-state index in [1.807, 2.05) is 13.0 Å². The van der Waals surface area contributed by atoms with Gasteiger partial charge in [-0.15, -0.1) is 5.92 Å². The largest absolute Gasteiger partial charge is 0.482 e. The van der Waals surface area contributed by atoms with Gasteiger partial charge < -0.3 is 14.6 Å². The van der Waals surface area contributed by atoms with Crippen LogP contribution in [0.5, 0.6) is 0 Å². The van der Waals surface area contributed by atoms with Crippen molar-refractivity contribution in [2.24, 2.45) is 23.2 Å². The summed E-state index contributed by atoms with van der Waals surface area (Å²) >= 11 is 0. The highest BCUT2D eigenvalue weighted by atomic mass is 16.6. The van der Waals surface area contributed by atoms with Crippen molar-refractivity contribution >= 4 is 5.97 Å². The van der Waals surface area contributed by atoms with E-state index in [4.69, 9.17) is 9.47 Å². The Labute approximate surface area is 185 Å². The molecule has 5 atom stereocenters. The Bertz CT molecular complexity index is 922. The van der Waals surface area contributed by atoms with E-state index >= 15 is 0 Å². The highest BCUT2D eigenvalue weighted by molar-refractivity contribution is 5.70. The second-order valence-corrected chi connectivity index (χ2v) is 9.26. The van der Waals surface area contributed by atoms with E-state index in [0.29, 0.717) is 24.2 Å². The average Bonchev–Trinajstić information content (AvgIpc) is 2.78. The van der Waals surface area contributed by atoms with Crippen LogP contribution in [0.1, 0.15) is 44.6 Å². The number of hydrogen-bond acceptors (Lipinski definition) is 4. The molecule has 164 valence electrons. The van der Waals surface area contributed by atoms with Crippen LogP contribution in [0.15, 0.2) is 54.3 Å². The second-order valence-electron chi connectivity index (χ2n) is 9.26. The summed E-state index contributed by atoms with van der Waals surface area (Å²) in [5.74, 6) is 7.61. The zero-order valence-electron chi connectivity index (χ0n) is 18.5. The number of rotatable bonds is 5. The monoisotopic (exact) mass is 420 g/mol. The Balaban J connectivity index is 1.62. The Morgan fingerprint density at radius 1 is 1.23 bits per heavy atom. The van der Waals surface area contributed by atoms with Gasteiger partial charge in [0.25, 0.3) is 0 Å². The van der Waals surface area contributed by atoms with Gasteiger partial charge in [-0.25, -0.2) is 4.79 Å². The van der Waals surface area contributed by atoms with Crippen LogP contribution in [0.3, 0.4) is 0 Å². The van der Waals surface area contributed by atoms with Crippen molar-refractivity contribution in [3.63, 3.8) is 0 Å². The third-order valence-electron chi connectivity index (χ3n) is 7.54. The molecule has 2 saturated carbocycles. The maximum atomic E-state index is 11.5. The molecule has 3 aliphatic rings. The van der Waals surface area contributed by atoms with E-state index in [0.717, 1.165) is 37.9 Å². The molecule has 4 heteroatoms. The van der Waals surface area contributed by atoms with E-state index in [1.54, 1.807) is 0 Å². The number of ether oxygens (including phenoxy) is 2. The van der Waals surface area contributed by atoms with Crippen LogP contribution in [-0.4, -0.2) is 30.4 Å². The van der Waals surface area contributed by atoms with Gasteiger partial charge in [0.2, 0.25) is 0 Å². The Kier molecular flexibility index (Phi) is 6.25. The standard InChI is InChI=1S/C27H32O4/c1-3-13-26(29)14-15-27(17-20-7-5-4-6-8-20)22(18-26)10-9-21-16-23(11-12-24(21)27)31-19-25(28)30-2/h4-8,11-12,16,21-22,24,29H,9-10,14-15,17-19H2,1-2H3/t21?,22-,24?,26-,27+/m1/s1. The van der Waals surface area contributed by atoms with Crippen molar-refractivity contribution < 1.29 is 19.4 Å². The third-order valence-corrected chi connectivity index (χ3v) is 7.54. The van der Waals surface area contributed by atoms with Gasteiger partial charge in [0.15, 0.2) is 6.61 Å². The molecule has 31 heavy (non-hydrogen) atoms. The van der Waals surface area contributed by atoms with Crippen LogP contribution in [0.4, 0.5) is 0 Å². The first-order valence-corrected chi connectivity index (χ1v) is 11.3. The predicted octanol–water partition coefficient (Wildman–Crippen LogP) is 4.44. The molecule has 0 radical (unpaired) electrons. The molecule has 2 fully saturated rings. The normalized spacial score (nSPS) is 33.8. The maximum absolute atomic E-state index is 11.5. The molecule has 0 spiro atoms. The minimum Gasteiger partial charge on any atom is -0.482 e. The van der Waals surface area contributed by atoms with E-state index < -0.39 is 5.60 Å². The number of esters is 1. The fourth-order valence-electron chi connectivity index (χ4n) is 6.14. The zero-order chi connectivity index (χ0) is 21.9. The van der Waals surface area contributed by atoms with Gasteiger partial charge >= 0.3 is 5.97 Å². The van der Waals surface area contributed by atoms with Gasteiger partial charge in [-0.3, -0.25) is 0 Å². The number of hydrogen-bond donors (Lipinski definition) is 1. The number of carbonyl (C=O) groups excluding carboxylic acids is 1. The number of methoxy groups -OCH3 is 1. The Morgan fingerprint density at radius 2 is 2.03 bits per heavy atom. The lowest BCUT2D eigenvalue weighted by Crippen LogP contribution is -2.53. The summed E-state index contributed by atoms with van der Waals surface area (Å²) in [6, 6.07) is 10.7. The Morgan fingerprint density at radius 3 is 2.77 bits per heavy atom. The minimum atomic E-state index is -0.866. The van der Waals surface area contributed by atoms with Crippen molar-refractivity contribution in [3.05, 3.63) is 59.9 Å². The van der Waals surface area contributed by atoms with Crippen LogP contribution in [0, 0.1) is 35.0 Å². The lowest BCUT2D eigenvalue weighted by atomic mass is 9.47. The summed E-state index contributed by atoms with van der Waals surface area (Å²) < 4.78 is 10.4. The Hall–Kier alpha value is -2.51. The van der Waals surface area contributed by atoms with Gasteiger partial charge in [-0.05, 0) is 86.3 Å². The lowest BCUT2D eigenvalue weighted by Gasteiger charge is -2.57. The van der Waals surface area contributed by atoms with E-state index in [2.05, 4.69) is 54.3 Å². The molecule has 0 aromatic heterocycles. The van der Waals surface area contributed by atoms with Crippen LogP contribution < -0.4 is 0 Å². The third kappa shape index (κ3) is 4.43. The number of fused-ring (bicyclic) bond motifs is 3. The molecule has 0 heterocycles. The molecule has 0 amide bonds. The fourth-order valence-corrected chi connectivity index (χ4v) is 6.14. The summed E-state index contributed by atoms with van der Waals surface area (Å²) in [5, 5.41) is 11.1. The molecule has 4 rings (SSSR count). The summed E-state index contributed by atoms with van der Waals surface area (Å²) in [6.07, 6.45) is 12.0. The summed E-state index contributed by atoms with van der Waals surface area (Å²) in [6.45, 7) is 1.75. The summed E-state index contributed by atoms with van der Waals surface area (Å²) in [5.41, 5.74) is 0.577. The van der Waals surface area contributed by atoms with Gasteiger partial charge in [0.1, 0.15) is 11.4 Å².